The largest absolute Gasteiger partial charge is 0.391 e. The molecule has 2 aromatic carbocycles. The molecule has 0 aliphatic carbocycles. The number of ether oxygens (including phenoxy) is 1. The molecular formula is C27H35N3O3. The fraction of sp³-hybridized carbons (Fsp3) is 0.444. The molecule has 0 bridgehead atoms. The molecule has 2 heterocycles. The summed E-state index contributed by atoms with van der Waals surface area (Å²) in [6, 6.07) is 20.4. The summed E-state index contributed by atoms with van der Waals surface area (Å²) in [6.45, 7) is 4.78. The number of benzene rings is 2. The fourth-order valence-electron chi connectivity index (χ4n) is 4.57. The van der Waals surface area contributed by atoms with E-state index >= 15 is 0 Å². The maximum atomic E-state index is 10.9. The van der Waals surface area contributed by atoms with Crippen LogP contribution in [0.3, 0.4) is 0 Å². The van der Waals surface area contributed by atoms with Crippen LogP contribution >= 0.6 is 0 Å². The normalized spacial score (nSPS) is 14.8. The smallest absolute Gasteiger partial charge is 0.232 e. The zero-order valence-electron chi connectivity index (χ0n) is 19.5. The predicted octanol–water partition coefficient (Wildman–Crippen LogP) is 4.38. The predicted molar refractivity (Wildman–Crippen MR) is 131 cm³/mol. The average molecular weight is 450 g/mol. The van der Waals surface area contributed by atoms with E-state index in [1.54, 1.807) is 7.11 Å². The van der Waals surface area contributed by atoms with Crippen LogP contribution in [0.25, 0.3) is 11.3 Å². The molecule has 6 heteroatoms. The molecule has 0 radical (unpaired) electrons. The molecule has 33 heavy (non-hydrogen) atoms. The zero-order chi connectivity index (χ0) is 22.9. The zero-order valence-corrected chi connectivity index (χ0v) is 19.5. The Bertz CT molecular complexity index is 955. The first-order valence-electron chi connectivity index (χ1n) is 12.0. The molecule has 1 aliphatic rings. The van der Waals surface area contributed by atoms with E-state index < -0.39 is 6.10 Å². The van der Waals surface area contributed by atoms with Crippen molar-refractivity contribution in [3.05, 3.63) is 71.8 Å². The summed E-state index contributed by atoms with van der Waals surface area (Å²) in [5.41, 5.74) is 4.21. The number of aromatic nitrogens is 1. The van der Waals surface area contributed by atoms with Crippen molar-refractivity contribution in [2.24, 2.45) is 0 Å². The minimum absolute atomic E-state index is 0.454. The maximum absolute atomic E-state index is 10.9. The number of hydrogen-bond donors (Lipinski definition) is 1. The molecule has 6 nitrogen and oxygen atoms in total. The lowest BCUT2D eigenvalue weighted by molar-refractivity contribution is 0.0994. The van der Waals surface area contributed by atoms with Crippen LogP contribution in [0.2, 0.25) is 0 Å². The highest BCUT2D eigenvalue weighted by Gasteiger charge is 2.26. The quantitative estimate of drug-likeness (QED) is 0.414. The van der Waals surface area contributed by atoms with Gasteiger partial charge in [-0.05, 0) is 31.2 Å². The van der Waals surface area contributed by atoms with Gasteiger partial charge in [0, 0.05) is 52.0 Å². The van der Waals surface area contributed by atoms with Gasteiger partial charge in [0.1, 0.15) is 5.69 Å². The maximum Gasteiger partial charge on any atom is 0.232 e. The van der Waals surface area contributed by atoms with Gasteiger partial charge in [-0.2, -0.15) is 0 Å². The van der Waals surface area contributed by atoms with Crippen molar-refractivity contribution < 1.29 is 14.4 Å². The van der Waals surface area contributed by atoms with E-state index in [4.69, 9.17) is 9.26 Å². The van der Waals surface area contributed by atoms with E-state index in [0.717, 1.165) is 54.3 Å². The highest BCUT2D eigenvalue weighted by Crippen LogP contribution is 2.34. The minimum atomic E-state index is -0.454. The SMILES string of the molecule is COCCCN(Cc1c(-c2ccccc2)noc1N1CCCC1)CC(O)Cc1ccccc1. The lowest BCUT2D eigenvalue weighted by Gasteiger charge is -2.26. The first-order valence-corrected chi connectivity index (χ1v) is 12.0. The van der Waals surface area contributed by atoms with Crippen molar-refractivity contribution in [1.82, 2.24) is 10.1 Å². The van der Waals surface area contributed by atoms with E-state index in [2.05, 4.69) is 39.2 Å². The molecule has 0 amide bonds. The van der Waals surface area contributed by atoms with Crippen molar-refractivity contribution in [1.29, 1.82) is 0 Å². The second-order valence-corrected chi connectivity index (χ2v) is 8.80. The lowest BCUT2D eigenvalue weighted by atomic mass is 10.1. The monoisotopic (exact) mass is 449 g/mol. The Morgan fingerprint density at radius 2 is 1.76 bits per heavy atom. The number of rotatable bonds is 12. The lowest BCUT2D eigenvalue weighted by Crippen LogP contribution is -2.35. The van der Waals surface area contributed by atoms with Crippen LogP contribution in [0.15, 0.2) is 65.2 Å². The summed E-state index contributed by atoms with van der Waals surface area (Å²) in [4.78, 5) is 4.62. The Kier molecular flexibility index (Phi) is 8.53. The summed E-state index contributed by atoms with van der Waals surface area (Å²) >= 11 is 0. The summed E-state index contributed by atoms with van der Waals surface area (Å²) in [6.07, 6.45) is 3.43. The second kappa shape index (κ2) is 12.0. The van der Waals surface area contributed by atoms with Crippen molar-refractivity contribution in [3.8, 4) is 11.3 Å². The molecule has 1 atom stereocenters. The van der Waals surface area contributed by atoms with E-state index in [1.165, 1.54) is 12.8 Å². The van der Waals surface area contributed by atoms with Gasteiger partial charge in [0.15, 0.2) is 0 Å². The van der Waals surface area contributed by atoms with Gasteiger partial charge in [-0.15, -0.1) is 0 Å². The van der Waals surface area contributed by atoms with Crippen molar-refractivity contribution in [2.75, 3.05) is 44.8 Å². The number of aliphatic hydroxyl groups is 1. The molecule has 0 saturated carbocycles. The van der Waals surface area contributed by atoms with E-state index in [-0.39, 0.29) is 0 Å². The van der Waals surface area contributed by atoms with Crippen molar-refractivity contribution in [2.45, 2.75) is 38.3 Å². The van der Waals surface area contributed by atoms with Crippen LogP contribution in [0, 0.1) is 0 Å². The summed E-state index contributed by atoms with van der Waals surface area (Å²) < 4.78 is 11.2. The topological polar surface area (TPSA) is 62.0 Å². The van der Waals surface area contributed by atoms with E-state index in [0.29, 0.717) is 26.1 Å². The van der Waals surface area contributed by atoms with E-state index in [1.807, 2.05) is 36.4 Å². The Labute approximate surface area is 196 Å². The summed E-state index contributed by atoms with van der Waals surface area (Å²) in [5, 5.41) is 15.4. The molecule has 4 rings (SSSR count). The number of methoxy groups -OCH3 is 1. The van der Waals surface area contributed by atoms with Crippen LogP contribution in [-0.2, 0) is 17.7 Å². The van der Waals surface area contributed by atoms with Gasteiger partial charge in [-0.3, -0.25) is 4.90 Å². The fourth-order valence-corrected chi connectivity index (χ4v) is 4.57. The third-order valence-electron chi connectivity index (χ3n) is 6.20. The number of anilines is 1. The molecule has 176 valence electrons. The molecule has 1 N–H and O–H groups in total. The van der Waals surface area contributed by atoms with Gasteiger partial charge in [-0.1, -0.05) is 65.8 Å². The van der Waals surface area contributed by atoms with E-state index in [9.17, 15) is 5.11 Å². The highest BCUT2D eigenvalue weighted by molar-refractivity contribution is 5.68. The van der Waals surface area contributed by atoms with Gasteiger partial charge in [0.05, 0.1) is 11.7 Å². The summed E-state index contributed by atoms with van der Waals surface area (Å²) in [5.74, 6) is 0.876. The molecule has 1 aromatic heterocycles. The van der Waals surface area contributed by atoms with Crippen LogP contribution < -0.4 is 4.90 Å². The highest BCUT2D eigenvalue weighted by atomic mass is 16.5. The molecule has 1 saturated heterocycles. The van der Waals surface area contributed by atoms with Crippen LogP contribution in [0.5, 0.6) is 0 Å². The van der Waals surface area contributed by atoms with Crippen molar-refractivity contribution in [3.63, 3.8) is 0 Å². The Morgan fingerprint density at radius 1 is 1.06 bits per heavy atom. The Hall–Kier alpha value is -2.67. The molecular weight excluding hydrogens is 414 g/mol. The van der Waals surface area contributed by atoms with Crippen LogP contribution in [-0.4, -0.2) is 61.2 Å². The van der Waals surface area contributed by atoms with Gasteiger partial charge >= 0.3 is 0 Å². The average Bonchev–Trinajstić information content (AvgIpc) is 3.50. The second-order valence-electron chi connectivity index (χ2n) is 8.80. The molecule has 1 unspecified atom stereocenters. The molecule has 1 aliphatic heterocycles. The molecule has 1 fully saturated rings. The van der Waals surface area contributed by atoms with Crippen LogP contribution in [0.1, 0.15) is 30.4 Å². The standard InChI is InChI=1S/C27H35N3O3/c1-32-18-10-15-29(20-24(31)19-22-11-4-2-5-12-22)21-25-26(23-13-6-3-7-14-23)28-33-27(25)30-16-8-9-17-30/h2-7,11-14,24,31H,8-10,15-21H2,1H3. The minimum Gasteiger partial charge on any atom is -0.391 e. The van der Waals surface area contributed by atoms with Gasteiger partial charge in [0.25, 0.3) is 0 Å². The van der Waals surface area contributed by atoms with Crippen LogP contribution in [0.4, 0.5) is 5.88 Å². The number of aliphatic hydroxyl groups excluding tert-OH is 1. The van der Waals surface area contributed by atoms with Gasteiger partial charge in [-0.25, -0.2) is 0 Å². The summed E-state index contributed by atoms with van der Waals surface area (Å²) in [7, 11) is 1.73. The number of nitrogens with zero attached hydrogens (tertiary/aromatic N) is 3. The first kappa shape index (κ1) is 23.5. The number of hydrogen-bond acceptors (Lipinski definition) is 6. The third-order valence-corrected chi connectivity index (χ3v) is 6.20. The molecule has 3 aromatic rings. The first-order chi connectivity index (χ1) is 16.2. The Balaban J connectivity index is 1.56. The van der Waals surface area contributed by atoms with Gasteiger partial charge in [0.2, 0.25) is 5.88 Å². The molecule has 0 spiro atoms. The Morgan fingerprint density at radius 3 is 2.45 bits per heavy atom. The third kappa shape index (κ3) is 6.44. The van der Waals surface area contributed by atoms with Crippen molar-refractivity contribution >= 4 is 5.88 Å². The van der Waals surface area contributed by atoms with Gasteiger partial charge < -0.3 is 19.3 Å².